The van der Waals surface area contributed by atoms with E-state index in [4.69, 9.17) is 89.7 Å². The third kappa shape index (κ3) is 29.3. The second kappa shape index (κ2) is 47.7. The summed E-state index contributed by atoms with van der Waals surface area (Å²) in [6.07, 6.45) is -0.134. The van der Waals surface area contributed by atoms with E-state index >= 15 is 0 Å². The Kier molecular flexibility index (Phi) is 40.4. The van der Waals surface area contributed by atoms with Gasteiger partial charge < -0.3 is 82.8 Å². The molecule has 0 bridgehead atoms. The van der Waals surface area contributed by atoms with E-state index in [-0.39, 0.29) is 120 Å². The Labute approximate surface area is 681 Å². The smallest absolute Gasteiger partial charge is 1.00 e. The summed E-state index contributed by atoms with van der Waals surface area (Å²) >= 11 is 0. The summed E-state index contributed by atoms with van der Waals surface area (Å²) in [5.41, 5.74) is 11.0. The molecule has 7 aromatic rings. The number of carbonyl (C=O) groups excluding carboxylic acids is 1. The zero-order valence-electron chi connectivity index (χ0n) is 60.8. The number of benzene rings is 7. The van der Waals surface area contributed by atoms with Crippen LogP contribution in [0.2, 0.25) is 0 Å². The first kappa shape index (κ1) is 94.0. The number of nitrogens with two attached hydrogens (primary N) is 1. The Hall–Kier alpha value is -9.40. The minimum absolute atomic E-state index is 0. The van der Waals surface area contributed by atoms with Crippen molar-refractivity contribution in [3.05, 3.63) is 214 Å². The molecule has 0 saturated heterocycles. The Morgan fingerprint density at radius 1 is 0.369 bits per heavy atom. The maximum Gasteiger partial charge on any atom is 1.00 e. The Morgan fingerprint density at radius 3 is 0.721 bits per heavy atom. The van der Waals surface area contributed by atoms with E-state index in [0.29, 0.717) is 124 Å². The molecule has 0 spiro atoms. The average Bonchev–Trinajstić information content (AvgIpc) is 0.854. The molecule has 0 radical (unpaired) electrons. The van der Waals surface area contributed by atoms with Gasteiger partial charge in [0.25, 0.3) is 0 Å². The summed E-state index contributed by atoms with van der Waals surface area (Å²) < 4.78 is 153. The number of hydrogen-bond acceptors (Lipinski definition) is 24. The molecular formula is C77H74F7N7Na2O17S. The SMILES string of the molecule is N#C[C@@H](O)[C@@H]1CCc2cc(F)ccc2O1.N#C[C@@H](O)[C@@H]1CCc2cc(F)ccc2O1.N#C[C@@H](O)[C@@H]1CCc2cc(F)ccc2O1.N#C[C@@H](O)[C@H]1CCc2cc(F)ccc2O1.N#C[C@@H](O)[C@H]1CCc2cc(F)ccc2O1.NC[C@@H](O)[C@H]1CCc2cc(F)ccc2O1.O=CC1CCc2cc(F)ccc2O1.O=S(=O)=O.[C-]#N.[H-].[Na+].[Na+]. The van der Waals surface area contributed by atoms with Gasteiger partial charge in [-0.05, 0) is 256 Å². The molecule has 7 aliphatic rings. The molecule has 7 aliphatic heterocycles. The molecule has 34 heteroatoms. The van der Waals surface area contributed by atoms with Crippen LogP contribution < -0.4 is 98.0 Å². The first-order chi connectivity index (χ1) is 52.2. The van der Waals surface area contributed by atoms with E-state index in [1.165, 1.54) is 115 Å². The van der Waals surface area contributed by atoms with Crippen LogP contribution in [0.15, 0.2) is 127 Å². The van der Waals surface area contributed by atoms with Crippen molar-refractivity contribution in [1.82, 2.24) is 0 Å². The largest absolute Gasteiger partial charge is 1.00 e. The molecule has 111 heavy (non-hydrogen) atoms. The van der Waals surface area contributed by atoms with Crippen molar-refractivity contribution in [2.24, 2.45) is 5.73 Å². The molecule has 1 unspecified atom stereocenters. The summed E-state index contributed by atoms with van der Waals surface area (Å²) in [7, 11) is -3.11. The van der Waals surface area contributed by atoms with Crippen LogP contribution in [0.5, 0.6) is 40.2 Å². The number of rotatable bonds is 8. The monoisotopic (exact) mass is 1580 g/mol. The standard InChI is InChI=1S/C11H14FNO2.5C11H10FNO2.C10H9FO2.CN.2Na.O3S.H/c6*12-8-2-4-10-7(5-8)1-3-11(15-10)9(14)6-13;11-8-2-4-10-7(5-8)1-3-9(6-12)13-10;1-2;;;1-4(2)3;/h2,4-5,9,11,14H,1,3,6,13H2;5*2,4-5,9,11,14H,1,3H2;2,4-6,9H,1,3H2;;;;;/q;;;;;;;-1;2*+1;;-1/t9-,11-;3*9-,11+;2*9-,11-;;;;;;/m111111....../s1. The summed E-state index contributed by atoms with van der Waals surface area (Å²) in [6.45, 7) is 4.93. The number of hydrogen-bond donors (Lipinski definition) is 7. The van der Waals surface area contributed by atoms with Crippen molar-refractivity contribution in [3.8, 4) is 70.6 Å². The average molecular weight is 1580 g/mol. The van der Waals surface area contributed by atoms with E-state index < -0.39 is 77.8 Å². The molecule has 24 nitrogen and oxygen atoms in total. The third-order valence-electron chi connectivity index (χ3n) is 17.2. The van der Waals surface area contributed by atoms with Crippen LogP contribution in [-0.4, -0.2) is 135 Å². The van der Waals surface area contributed by atoms with Crippen LogP contribution in [0.4, 0.5) is 30.7 Å². The first-order valence-electron chi connectivity index (χ1n) is 33.6. The van der Waals surface area contributed by atoms with Gasteiger partial charge in [0.15, 0.2) is 42.9 Å². The fourth-order valence-corrected chi connectivity index (χ4v) is 11.7. The molecule has 7 aromatic carbocycles. The molecule has 576 valence electrons. The van der Waals surface area contributed by atoms with E-state index in [2.05, 4.69) is 0 Å². The van der Waals surface area contributed by atoms with Gasteiger partial charge in [0, 0.05) is 6.54 Å². The number of aliphatic hydroxyl groups excluding tert-OH is 6. The van der Waals surface area contributed by atoms with Crippen molar-refractivity contribution in [2.75, 3.05) is 6.54 Å². The molecule has 7 heterocycles. The quantitative estimate of drug-likeness (QED) is 0.0378. The topological polar surface area (TPSA) is 423 Å². The van der Waals surface area contributed by atoms with Crippen LogP contribution in [0, 0.1) is 109 Å². The van der Waals surface area contributed by atoms with Crippen LogP contribution >= 0.6 is 0 Å². The van der Waals surface area contributed by atoms with Crippen molar-refractivity contribution in [2.45, 2.75) is 169 Å². The molecule has 0 aliphatic carbocycles. The van der Waals surface area contributed by atoms with Crippen molar-refractivity contribution >= 4 is 16.9 Å². The molecule has 0 amide bonds. The van der Waals surface area contributed by atoms with Gasteiger partial charge in [-0.15, -0.1) is 12.6 Å². The van der Waals surface area contributed by atoms with Crippen LogP contribution in [0.1, 0.15) is 85.3 Å². The molecule has 0 saturated carbocycles. The third-order valence-corrected chi connectivity index (χ3v) is 17.2. The zero-order valence-corrected chi connectivity index (χ0v) is 64.6. The van der Waals surface area contributed by atoms with Crippen molar-refractivity contribution < 1.29 is 172 Å². The summed E-state index contributed by atoms with van der Waals surface area (Å²) in [5.74, 6) is 2.08. The van der Waals surface area contributed by atoms with Gasteiger partial charge in [0.05, 0.1) is 30.3 Å². The number of fused-ring (bicyclic) bond motifs is 7. The fraction of sp³-hybridized carbons (Fsp3) is 0.364. The Morgan fingerprint density at radius 2 is 0.541 bits per heavy atom. The molecule has 8 N–H and O–H groups in total. The summed E-state index contributed by atoms with van der Waals surface area (Å²) in [4.78, 5) is 10.4. The Bertz CT molecular complexity index is 4130. The van der Waals surface area contributed by atoms with Gasteiger partial charge in [0.2, 0.25) is 0 Å². The zero-order chi connectivity index (χ0) is 79.9. The molecule has 14 rings (SSSR count). The Balaban J connectivity index is 0.000000333. The minimum Gasteiger partial charge on any atom is -1.00 e. The van der Waals surface area contributed by atoms with E-state index in [0.717, 1.165) is 51.7 Å². The summed E-state index contributed by atoms with van der Waals surface area (Å²) in [6, 6.07) is 38.7. The number of aryl methyl sites for hydroxylation is 7. The predicted molar refractivity (Wildman–Crippen MR) is 369 cm³/mol. The van der Waals surface area contributed by atoms with Crippen LogP contribution in [0.3, 0.4) is 0 Å². The van der Waals surface area contributed by atoms with Crippen molar-refractivity contribution in [3.63, 3.8) is 0 Å². The maximum absolute atomic E-state index is 12.9. The number of ether oxygens (including phenoxy) is 7. The minimum atomic E-state index is -3.11. The summed E-state index contributed by atoms with van der Waals surface area (Å²) in [5, 5.41) is 105. The van der Waals surface area contributed by atoms with E-state index in [1.807, 2.05) is 0 Å². The predicted octanol–water partition coefficient (Wildman–Crippen LogP) is 2.79. The molecular weight excluding hydrogens is 1510 g/mol. The van der Waals surface area contributed by atoms with Gasteiger partial charge in [-0.3, -0.25) is 4.79 Å². The number of aldehydes is 1. The van der Waals surface area contributed by atoms with Crippen LogP contribution in [-0.2, 0) is 60.3 Å². The van der Waals surface area contributed by atoms with Gasteiger partial charge in [0.1, 0.15) is 124 Å². The number of carbonyl (C=O) groups is 1. The van der Waals surface area contributed by atoms with Crippen LogP contribution in [0.25, 0.3) is 0 Å². The van der Waals surface area contributed by atoms with Crippen molar-refractivity contribution in [1.29, 1.82) is 31.6 Å². The first-order valence-corrected chi connectivity index (χ1v) is 34.6. The molecule has 13 atom stereocenters. The van der Waals surface area contributed by atoms with E-state index in [1.54, 1.807) is 42.5 Å². The second-order valence-electron chi connectivity index (χ2n) is 24.6. The number of halogens is 7. The van der Waals surface area contributed by atoms with Gasteiger partial charge in [-0.25, -0.2) is 30.7 Å². The molecule has 0 aromatic heterocycles. The number of nitriles is 5. The number of nitrogens with zero attached hydrogens (tertiary/aromatic N) is 6. The fourth-order valence-electron chi connectivity index (χ4n) is 11.7. The van der Waals surface area contributed by atoms with Gasteiger partial charge in [-0.1, -0.05) is 0 Å². The molecule has 0 fully saturated rings. The maximum atomic E-state index is 12.9. The normalized spacial score (nSPS) is 19.7. The van der Waals surface area contributed by atoms with Gasteiger partial charge in [-0.2, -0.15) is 26.3 Å². The van der Waals surface area contributed by atoms with Gasteiger partial charge >= 0.3 is 69.7 Å². The van der Waals surface area contributed by atoms with E-state index in [9.17, 15) is 66.2 Å². The second-order valence-corrected chi connectivity index (χ2v) is 25.1. The number of aliphatic hydroxyl groups is 6.